The predicted octanol–water partition coefficient (Wildman–Crippen LogP) is 4.90. The van der Waals surface area contributed by atoms with Gasteiger partial charge in [0.2, 0.25) is 0 Å². The van der Waals surface area contributed by atoms with E-state index in [9.17, 15) is 0 Å². The number of alkyl halides is 1. The standard InChI is InChI=1S/C15H21BrO/c1-2-6-13(16)8-5-7-12-11-17-15-10-4-3-9-14(12)15/h3-4,9-10,12-13H,2,5-8,11H2,1H3. The number of ether oxygens (including phenoxy) is 1. The van der Waals surface area contributed by atoms with Crippen molar-refractivity contribution in [2.75, 3.05) is 6.61 Å². The number of benzene rings is 1. The molecule has 1 aromatic carbocycles. The zero-order valence-corrected chi connectivity index (χ0v) is 12.1. The molecule has 1 aliphatic rings. The van der Waals surface area contributed by atoms with E-state index >= 15 is 0 Å². The van der Waals surface area contributed by atoms with Gasteiger partial charge in [-0.2, -0.15) is 0 Å². The van der Waals surface area contributed by atoms with E-state index in [2.05, 4.69) is 47.1 Å². The van der Waals surface area contributed by atoms with Gasteiger partial charge in [0.05, 0.1) is 6.61 Å². The van der Waals surface area contributed by atoms with E-state index in [1.54, 1.807) is 0 Å². The number of hydrogen-bond donors (Lipinski definition) is 0. The average molecular weight is 297 g/mol. The summed E-state index contributed by atoms with van der Waals surface area (Å²) in [4.78, 5) is 0.699. The van der Waals surface area contributed by atoms with Crippen LogP contribution in [0.3, 0.4) is 0 Å². The van der Waals surface area contributed by atoms with Crippen LogP contribution in [0.2, 0.25) is 0 Å². The van der Waals surface area contributed by atoms with Crippen LogP contribution < -0.4 is 4.74 Å². The monoisotopic (exact) mass is 296 g/mol. The fourth-order valence-electron chi connectivity index (χ4n) is 2.51. The highest BCUT2D eigenvalue weighted by molar-refractivity contribution is 9.09. The van der Waals surface area contributed by atoms with Crippen LogP contribution in [-0.2, 0) is 0 Å². The van der Waals surface area contributed by atoms with Crippen LogP contribution in [0.15, 0.2) is 24.3 Å². The van der Waals surface area contributed by atoms with Gasteiger partial charge >= 0.3 is 0 Å². The molecule has 0 aliphatic carbocycles. The number of hydrogen-bond acceptors (Lipinski definition) is 1. The zero-order valence-electron chi connectivity index (χ0n) is 10.5. The van der Waals surface area contributed by atoms with E-state index in [1.165, 1.54) is 37.7 Å². The maximum Gasteiger partial charge on any atom is 0.122 e. The van der Waals surface area contributed by atoms with Crippen molar-refractivity contribution in [1.82, 2.24) is 0 Å². The van der Waals surface area contributed by atoms with Gasteiger partial charge in [0.1, 0.15) is 5.75 Å². The van der Waals surface area contributed by atoms with Crippen molar-refractivity contribution >= 4 is 15.9 Å². The minimum Gasteiger partial charge on any atom is -0.493 e. The Kier molecular flexibility index (Phi) is 4.90. The van der Waals surface area contributed by atoms with Gasteiger partial charge in [-0.1, -0.05) is 53.9 Å². The molecule has 0 radical (unpaired) electrons. The molecule has 2 atom stereocenters. The molecule has 0 fully saturated rings. The molecule has 0 spiro atoms. The van der Waals surface area contributed by atoms with Gasteiger partial charge in [-0.25, -0.2) is 0 Å². The number of fused-ring (bicyclic) bond motifs is 1. The van der Waals surface area contributed by atoms with Crippen molar-refractivity contribution in [3.63, 3.8) is 0 Å². The molecule has 0 bridgehead atoms. The molecule has 17 heavy (non-hydrogen) atoms. The first kappa shape index (κ1) is 12.9. The summed E-state index contributed by atoms with van der Waals surface area (Å²) in [6.07, 6.45) is 6.39. The van der Waals surface area contributed by atoms with Gasteiger partial charge in [-0.3, -0.25) is 0 Å². The smallest absolute Gasteiger partial charge is 0.122 e. The normalized spacial score (nSPS) is 19.8. The fraction of sp³-hybridized carbons (Fsp3) is 0.600. The quantitative estimate of drug-likeness (QED) is 0.679. The molecule has 0 saturated heterocycles. The summed E-state index contributed by atoms with van der Waals surface area (Å²) in [5, 5.41) is 0. The van der Waals surface area contributed by atoms with Crippen molar-refractivity contribution in [1.29, 1.82) is 0 Å². The number of halogens is 1. The van der Waals surface area contributed by atoms with E-state index < -0.39 is 0 Å². The van der Waals surface area contributed by atoms with Crippen molar-refractivity contribution < 1.29 is 4.74 Å². The largest absolute Gasteiger partial charge is 0.493 e. The summed E-state index contributed by atoms with van der Waals surface area (Å²) in [7, 11) is 0. The van der Waals surface area contributed by atoms with Gasteiger partial charge in [-0.05, 0) is 25.3 Å². The van der Waals surface area contributed by atoms with Gasteiger partial charge < -0.3 is 4.74 Å². The highest BCUT2D eigenvalue weighted by Crippen LogP contribution is 2.36. The van der Waals surface area contributed by atoms with Crippen LogP contribution in [0.25, 0.3) is 0 Å². The Morgan fingerprint density at radius 1 is 1.35 bits per heavy atom. The Morgan fingerprint density at radius 2 is 2.18 bits per heavy atom. The molecule has 0 N–H and O–H groups in total. The molecule has 1 aromatic rings. The van der Waals surface area contributed by atoms with Crippen LogP contribution in [0, 0.1) is 0 Å². The second-order valence-electron chi connectivity index (χ2n) is 4.86. The van der Waals surface area contributed by atoms with Crippen molar-refractivity contribution in [3.05, 3.63) is 29.8 Å². The maximum atomic E-state index is 5.70. The summed E-state index contributed by atoms with van der Waals surface area (Å²) >= 11 is 3.75. The van der Waals surface area contributed by atoms with Crippen LogP contribution in [0.5, 0.6) is 5.75 Å². The van der Waals surface area contributed by atoms with Gasteiger partial charge in [0.15, 0.2) is 0 Å². The summed E-state index contributed by atoms with van der Waals surface area (Å²) in [6.45, 7) is 3.12. The lowest BCUT2D eigenvalue weighted by molar-refractivity contribution is 0.322. The Morgan fingerprint density at radius 3 is 3.00 bits per heavy atom. The van der Waals surface area contributed by atoms with Crippen molar-refractivity contribution in [2.24, 2.45) is 0 Å². The third kappa shape index (κ3) is 3.48. The molecule has 2 unspecified atom stereocenters. The lowest BCUT2D eigenvalue weighted by Gasteiger charge is -2.11. The summed E-state index contributed by atoms with van der Waals surface area (Å²) in [5.41, 5.74) is 1.41. The van der Waals surface area contributed by atoms with E-state index in [0.29, 0.717) is 10.7 Å². The summed E-state index contributed by atoms with van der Waals surface area (Å²) < 4.78 is 5.70. The van der Waals surface area contributed by atoms with Gasteiger partial charge in [0.25, 0.3) is 0 Å². The zero-order chi connectivity index (χ0) is 12.1. The van der Waals surface area contributed by atoms with Gasteiger partial charge in [0, 0.05) is 16.3 Å². The molecule has 0 aromatic heterocycles. The third-order valence-electron chi connectivity index (χ3n) is 3.47. The average Bonchev–Trinajstić information content (AvgIpc) is 2.73. The first-order valence-corrected chi connectivity index (χ1v) is 7.58. The SMILES string of the molecule is CCCC(Br)CCCC1COc2ccccc21. The number of rotatable bonds is 6. The Hall–Kier alpha value is -0.500. The first-order chi connectivity index (χ1) is 8.31. The minimum atomic E-state index is 0.618. The lowest BCUT2D eigenvalue weighted by atomic mass is 9.95. The molecule has 1 aliphatic heterocycles. The molecule has 2 heteroatoms. The van der Waals surface area contributed by atoms with Crippen LogP contribution in [-0.4, -0.2) is 11.4 Å². The highest BCUT2D eigenvalue weighted by Gasteiger charge is 2.22. The third-order valence-corrected chi connectivity index (χ3v) is 4.39. The molecular weight excluding hydrogens is 276 g/mol. The van der Waals surface area contributed by atoms with E-state index in [1.807, 2.05) is 0 Å². The maximum absolute atomic E-state index is 5.70. The van der Waals surface area contributed by atoms with Crippen LogP contribution in [0.4, 0.5) is 0 Å². The molecular formula is C15H21BrO. The molecule has 2 rings (SSSR count). The molecule has 1 heterocycles. The van der Waals surface area contributed by atoms with Crippen LogP contribution in [0.1, 0.15) is 50.5 Å². The van der Waals surface area contributed by atoms with E-state index in [4.69, 9.17) is 4.74 Å². The Labute approximate surface area is 113 Å². The minimum absolute atomic E-state index is 0.618. The second-order valence-corrected chi connectivity index (χ2v) is 6.16. The molecule has 0 saturated carbocycles. The predicted molar refractivity (Wildman–Crippen MR) is 76.2 cm³/mol. The fourth-order valence-corrected chi connectivity index (χ4v) is 3.29. The van der Waals surface area contributed by atoms with Gasteiger partial charge in [-0.15, -0.1) is 0 Å². The Bertz CT molecular complexity index is 351. The van der Waals surface area contributed by atoms with E-state index in [0.717, 1.165) is 12.4 Å². The highest BCUT2D eigenvalue weighted by atomic mass is 79.9. The molecule has 1 nitrogen and oxygen atoms in total. The molecule has 0 amide bonds. The second kappa shape index (κ2) is 6.44. The van der Waals surface area contributed by atoms with Crippen LogP contribution >= 0.6 is 15.9 Å². The summed E-state index contributed by atoms with van der Waals surface area (Å²) in [6, 6.07) is 8.46. The van der Waals surface area contributed by atoms with Crippen molar-refractivity contribution in [2.45, 2.75) is 49.8 Å². The van der Waals surface area contributed by atoms with Crippen molar-refractivity contribution in [3.8, 4) is 5.75 Å². The summed E-state index contributed by atoms with van der Waals surface area (Å²) in [5.74, 6) is 1.72. The number of para-hydroxylation sites is 1. The topological polar surface area (TPSA) is 9.23 Å². The molecule has 94 valence electrons. The van der Waals surface area contributed by atoms with E-state index in [-0.39, 0.29) is 0 Å². The Balaban J connectivity index is 1.78. The lowest BCUT2D eigenvalue weighted by Crippen LogP contribution is -2.03. The first-order valence-electron chi connectivity index (χ1n) is 6.67.